The van der Waals surface area contributed by atoms with Crippen LogP contribution in [0.2, 0.25) is 0 Å². The predicted octanol–water partition coefficient (Wildman–Crippen LogP) is 6.30. The number of nitrogens with zero attached hydrogens (tertiary/aromatic N) is 1. The number of hydrogen-bond donors (Lipinski definition) is 1. The predicted molar refractivity (Wildman–Crippen MR) is 160 cm³/mol. The van der Waals surface area contributed by atoms with Gasteiger partial charge in [-0.15, -0.1) is 0 Å². The summed E-state index contributed by atoms with van der Waals surface area (Å²) in [6.07, 6.45) is 9.61. The van der Waals surface area contributed by atoms with Crippen LogP contribution in [0.5, 0.6) is 0 Å². The Hall–Kier alpha value is -2.18. The maximum Gasteiger partial charge on any atom is 0.325 e. The molecule has 0 aromatic rings. The Morgan fingerprint density at radius 1 is 0.952 bits per heavy atom. The summed E-state index contributed by atoms with van der Waals surface area (Å²) >= 11 is 0. The zero-order chi connectivity index (χ0) is 31.3. The van der Waals surface area contributed by atoms with E-state index < -0.39 is 17.4 Å². The lowest BCUT2D eigenvalue weighted by atomic mass is 9.33. The van der Waals surface area contributed by atoms with E-state index in [0.717, 1.165) is 38.5 Å². The van der Waals surface area contributed by atoms with Crippen LogP contribution in [0.1, 0.15) is 106 Å². The third-order valence-electron chi connectivity index (χ3n) is 14.4. The fourth-order valence-electron chi connectivity index (χ4n) is 11.4. The van der Waals surface area contributed by atoms with Crippen molar-refractivity contribution in [2.75, 3.05) is 20.7 Å². The zero-order valence-electron chi connectivity index (χ0n) is 27.4. The summed E-state index contributed by atoms with van der Waals surface area (Å²) in [7, 11) is 3.01. The van der Waals surface area contributed by atoms with Crippen LogP contribution in [0.25, 0.3) is 0 Å². The van der Waals surface area contributed by atoms with Crippen molar-refractivity contribution in [1.29, 1.82) is 0 Å². The largest absolute Gasteiger partial charge is 0.481 e. The van der Waals surface area contributed by atoms with Gasteiger partial charge in [0, 0.05) is 18.9 Å². The van der Waals surface area contributed by atoms with Gasteiger partial charge in [0.15, 0.2) is 5.78 Å². The van der Waals surface area contributed by atoms with Crippen molar-refractivity contribution in [3.05, 3.63) is 11.6 Å². The number of hydrogen-bond acceptors (Lipinski definition) is 5. The summed E-state index contributed by atoms with van der Waals surface area (Å²) < 4.78 is 4.80. The topological polar surface area (TPSA) is 101 Å². The second-order valence-electron chi connectivity index (χ2n) is 16.7. The summed E-state index contributed by atoms with van der Waals surface area (Å²) in [4.78, 5) is 54.0. The first-order chi connectivity index (χ1) is 19.3. The number of likely N-dealkylation sites (N-methyl/N-ethyl adjacent to an activating group) is 1. The number of amides is 1. The van der Waals surface area contributed by atoms with Crippen molar-refractivity contribution >= 4 is 23.6 Å². The molecule has 5 aliphatic rings. The van der Waals surface area contributed by atoms with Gasteiger partial charge in [0.1, 0.15) is 6.54 Å². The summed E-state index contributed by atoms with van der Waals surface area (Å²) in [6, 6.07) is 0. The maximum atomic E-state index is 14.5. The van der Waals surface area contributed by atoms with E-state index in [4.69, 9.17) is 4.74 Å². The van der Waals surface area contributed by atoms with Gasteiger partial charge < -0.3 is 14.7 Å². The molecule has 0 heterocycles. The Balaban J connectivity index is 1.51. The minimum Gasteiger partial charge on any atom is -0.481 e. The quantitative estimate of drug-likeness (QED) is 0.390. The van der Waals surface area contributed by atoms with E-state index in [0.29, 0.717) is 19.3 Å². The molecule has 5 aliphatic carbocycles. The van der Waals surface area contributed by atoms with Crippen molar-refractivity contribution in [3.63, 3.8) is 0 Å². The molecule has 0 unspecified atom stereocenters. The molecule has 9 atom stereocenters. The number of esters is 1. The third kappa shape index (κ3) is 4.10. The van der Waals surface area contributed by atoms with Crippen LogP contribution >= 0.6 is 0 Å². The molecule has 5 rings (SSSR count). The standard InChI is InChI=1S/C35H53NO6/c1-30(2)21(28(39)36(8)20-26(38)42-9)10-12-33(5)25(30)11-13-35(7)27(33)24(37)18-22-23-19-32(4,29(40)41)15-14-31(23,3)16-17-34(22,35)6/h18,21,23,25,27H,10-17,19-20H2,1-9H3,(H,40,41)/t21-,23+,25+,27-,31-,32+,33+,34-,35-/m1/s1. The lowest BCUT2D eigenvalue weighted by molar-refractivity contribution is -0.196. The maximum absolute atomic E-state index is 14.5. The molecule has 4 fully saturated rings. The van der Waals surface area contributed by atoms with Crippen LogP contribution in [0.3, 0.4) is 0 Å². The minimum atomic E-state index is -0.760. The molecule has 234 valence electrons. The molecular weight excluding hydrogens is 530 g/mol. The smallest absolute Gasteiger partial charge is 0.325 e. The minimum absolute atomic E-state index is 0.0183. The number of rotatable bonds is 4. The Morgan fingerprint density at radius 2 is 1.60 bits per heavy atom. The fourth-order valence-corrected chi connectivity index (χ4v) is 11.4. The molecule has 0 aromatic carbocycles. The lowest BCUT2D eigenvalue weighted by Crippen LogP contribution is -2.66. The van der Waals surface area contributed by atoms with Gasteiger partial charge in [0.05, 0.1) is 12.5 Å². The average molecular weight is 584 g/mol. The van der Waals surface area contributed by atoms with E-state index in [9.17, 15) is 24.3 Å². The number of aliphatic carboxylic acids is 1. The van der Waals surface area contributed by atoms with Gasteiger partial charge in [-0.05, 0) is 110 Å². The Kier molecular flexibility index (Phi) is 7.19. The van der Waals surface area contributed by atoms with Crippen molar-refractivity contribution in [2.45, 2.75) is 106 Å². The molecule has 0 bridgehead atoms. The first-order valence-electron chi connectivity index (χ1n) is 16.1. The van der Waals surface area contributed by atoms with E-state index in [1.807, 2.05) is 13.0 Å². The first kappa shape index (κ1) is 31.3. The number of carbonyl (C=O) groups excluding carboxylic acids is 3. The van der Waals surface area contributed by atoms with Gasteiger partial charge in [-0.25, -0.2) is 0 Å². The molecular formula is C35H53NO6. The molecule has 0 saturated heterocycles. The number of methoxy groups -OCH3 is 1. The third-order valence-corrected chi connectivity index (χ3v) is 14.4. The number of ether oxygens (including phenoxy) is 1. The number of fused-ring (bicyclic) bond motifs is 7. The van der Waals surface area contributed by atoms with Crippen LogP contribution in [0.4, 0.5) is 0 Å². The van der Waals surface area contributed by atoms with Crippen LogP contribution < -0.4 is 0 Å². The van der Waals surface area contributed by atoms with Crippen molar-refractivity contribution in [2.24, 2.45) is 56.2 Å². The molecule has 7 nitrogen and oxygen atoms in total. The molecule has 1 N–H and O–H groups in total. The number of carboxylic acids is 1. The normalized spacial score (nSPS) is 45.7. The number of allylic oxidation sites excluding steroid dienone is 2. The highest BCUT2D eigenvalue weighted by molar-refractivity contribution is 5.96. The highest BCUT2D eigenvalue weighted by Crippen LogP contribution is 2.75. The van der Waals surface area contributed by atoms with E-state index in [1.54, 1.807) is 7.05 Å². The summed E-state index contributed by atoms with van der Waals surface area (Å²) in [6.45, 7) is 15.6. The van der Waals surface area contributed by atoms with Crippen LogP contribution in [0.15, 0.2) is 11.6 Å². The summed E-state index contributed by atoms with van der Waals surface area (Å²) in [5.74, 6) is -1.01. The molecule has 0 aromatic heterocycles. The molecule has 1 amide bonds. The molecule has 42 heavy (non-hydrogen) atoms. The van der Waals surface area contributed by atoms with Gasteiger partial charge in [-0.2, -0.15) is 0 Å². The highest BCUT2D eigenvalue weighted by Gasteiger charge is 2.70. The van der Waals surface area contributed by atoms with Gasteiger partial charge in [0.25, 0.3) is 0 Å². The molecule has 0 radical (unpaired) electrons. The molecule has 4 saturated carbocycles. The fraction of sp³-hybridized carbons (Fsp3) is 0.829. The van der Waals surface area contributed by atoms with Crippen molar-refractivity contribution in [1.82, 2.24) is 4.90 Å². The average Bonchev–Trinajstić information content (AvgIpc) is 2.90. The second kappa shape index (κ2) is 9.66. The lowest BCUT2D eigenvalue weighted by Gasteiger charge is -2.70. The molecule has 7 heteroatoms. The summed E-state index contributed by atoms with van der Waals surface area (Å²) in [5, 5.41) is 10.1. The van der Waals surface area contributed by atoms with Crippen molar-refractivity contribution < 1.29 is 29.0 Å². The van der Waals surface area contributed by atoms with E-state index in [2.05, 4.69) is 41.5 Å². The van der Waals surface area contributed by atoms with Gasteiger partial charge in [-0.1, -0.05) is 47.1 Å². The zero-order valence-corrected chi connectivity index (χ0v) is 27.4. The number of carbonyl (C=O) groups is 4. The van der Waals surface area contributed by atoms with Gasteiger partial charge in [0.2, 0.25) is 5.91 Å². The number of ketones is 1. The first-order valence-corrected chi connectivity index (χ1v) is 16.1. The Morgan fingerprint density at radius 3 is 2.21 bits per heavy atom. The van der Waals surface area contributed by atoms with Crippen LogP contribution in [-0.4, -0.2) is 54.3 Å². The van der Waals surface area contributed by atoms with E-state index in [-0.39, 0.29) is 69.0 Å². The molecule has 0 spiro atoms. The summed E-state index contributed by atoms with van der Waals surface area (Å²) in [5.41, 5.74) is -0.491. The Bertz CT molecular complexity index is 1240. The van der Waals surface area contributed by atoms with Gasteiger partial charge in [-0.3, -0.25) is 19.2 Å². The SMILES string of the molecule is COC(=O)CN(C)C(=O)[C@H]1CC[C@]2(C)[C@H]3C(=O)C=C4[C@@H]5C[C@@](C)(C(=O)O)CC[C@]5(C)CC[C@@]4(C)[C@]3(C)CC[C@H]2C1(C)C. The second-order valence-corrected chi connectivity index (χ2v) is 16.7. The van der Waals surface area contributed by atoms with E-state index >= 15 is 0 Å². The van der Waals surface area contributed by atoms with Crippen LogP contribution in [0, 0.1) is 56.2 Å². The van der Waals surface area contributed by atoms with Crippen molar-refractivity contribution in [3.8, 4) is 0 Å². The number of carboxylic acid groups (broad SMARTS) is 1. The molecule has 0 aliphatic heterocycles. The van der Waals surface area contributed by atoms with Crippen LogP contribution in [-0.2, 0) is 23.9 Å². The highest BCUT2D eigenvalue weighted by atomic mass is 16.5. The van der Waals surface area contributed by atoms with E-state index in [1.165, 1.54) is 17.6 Å². The monoisotopic (exact) mass is 583 g/mol. The Labute approximate surface area is 252 Å². The van der Waals surface area contributed by atoms with Gasteiger partial charge >= 0.3 is 11.9 Å².